The molecule has 1 aliphatic heterocycles. The zero-order valence-electron chi connectivity index (χ0n) is 22.1. The Bertz CT molecular complexity index is 1470. The van der Waals surface area contributed by atoms with Crippen LogP contribution >= 0.6 is 11.6 Å². The van der Waals surface area contributed by atoms with Crippen molar-refractivity contribution in [1.82, 2.24) is 30.1 Å². The Morgan fingerprint density at radius 1 is 1.13 bits per heavy atom. The van der Waals surface area contributed by atoms with E-state index in [1.807, 2.05) is 53.2 Å². The predicted octanol–water partition coefficient (Wildman–Crippen LogP) is 5.06. The molecule has 0 amide bonds. The minimum Gasteiger partial charge on any atom is -0.497 e. The number of tetrazole rings is 1. The number of rotatable bonds is 9. The molecule has 9 nitrogen and oxygen atoms in total. The first-order chi connectivity index (χ1) is 19.1. The standard InChI is InChI=1S/C29H33ClN6O3/c1-38-23-12-13-26-20(15-23)16-25(29(37)31-26)27(28-32-33-34-36(28)22-5-2-3-6-22)35(18-24-7-4-14-39-24)17-19-8-10-21(30)11-9-19/h8-13,15-16,22,24,27H,2-7,14,17-18H2,1H3,(H,31,37). The molecule has 2 aromatic carbocycles. The number of methoxy groups -OCH3 is 1. The van der Waals surface area contributed by atoms with Gasteiger partial charge in [-0.1, -0.05) is 36.6 Å². The average Bonchev–Trinajstić information content (AvgIpc) is 3.73. The Morgan fingerprint density at radius 2 is 1.95 bits per heavy atom. The summed E-state index contributed by atoms with van der Waals surface area (Å²) in [6, 6.07) is 15.2. The molecule has 3 heterocycles. The molecule has 1 saturated heterocycles. The van der Waals surface area contributed by atoms with Gasteiger partial charge in [0, 0.05) is 41.2 Å². The molecule has 39 heavy (non-hydrogen) atoms. The van der Waals surface area contributed by atoms with Crippen molar-refractivity contribution in [1.29, 1.82) is 0 Å². The summed E-state index contributed by atoms with van der Waals surface area (Å²) in [4.78, 5) is 19.1. The summed E-state index contributed by atoms with van der Waals surface area (Å²) in [6.45, 7) is 1.97. The molecule has 2 aromatic heterocycles. The highest BCUT2D eigenvalue weighted by Gasteiger charge is 2.35. The minimum absolute atomic E-state index is 0.0650. The van der Waals surface area contributed by atoms with Gasteiger partial charge < -0.3 is 14.5 Å². The van der Waals surface area contributed by atoms with E-state index in [2.05, 4.69) is 25.4 Å². The van der Waals surface area contributed by atoms with E-state index < -0.39 is 6.04 Å². The Kier molecular flexibility index (Phi) is 7.63. The van der Waals surface area contributed by atoms with Crippen molar-refractivity contribution in [2.24, 2.45) is 0 Å². The number of benzene rings is 2. The smallest absolute Gasteiger partial charge is 0.253 e. The van der Waals surface area contributed by atoms with Gasteiger partial charge in [0.05, 0.1) is 19.3 Å². The average molecular weight is 549 g/mol. The van der Waals surface area contributed by atoms with E-state index >= 15 is 0 Å². The summed E-state index contributed by atoms with van der Waals surface area (Å²) in [5.74, 6) is 1.41. The molecule has 6 rings (SSSR count). The molecule has 0 bridgehead atoms. The van der Waals surface area contributed by atoms with Crippen LogP contribution in [0.25, 0.3) is 10.9 Å². The fourth-order valence-electron chi connectivity index (χ4n) is 5.96. The lowest BCUT2D eigenvalue weighted by atomic mass is 10.0. The largest absolute Gasteiger partial charge is 0.497 e. The molecule has 0 spiro atoms. The third-order valence-electron chi connectivity index (χ3n) is 7.93. The third kappa shape index (κ3) is 5.57. The van der Waals surface area contributed by atoms with Crippen molar-refractivity contribution in [2.45, 2.75) is 63.3 Å². The molecule has 0 radical (unpaired) electrons. The number of fused-ring (bicyclic) bond motifs is 1. The van der Waals surface area contributed by atoms with E-state index in [0.29, 0.717) is 29.5 Å². The SMILES string of the molecule is COc1ccc2[nH]c(=O)c(C(c3nnnn3C3CCCC3)N(Cc3ccc(Cl)cc3)CC3CCCO3)cc2c1. The van der Waals surface area contributed by atoms with Gasteiger partial charge in [-0.15, -0.1) is 5.10 Å². The van der Waals surface area contributed by atoms with E-state index in [9.17, 15) is 4.79 Å². The summed E-state index contributed by atoms with van der Waals surface area (Å²) in [5.41, 5.74) is 2.27. The van der Waals surface area contributed by atoms with Gasteiger partial charge in [-0.05, 0) is 78.1 Å². The van der Waals surface area contributed by atoms with Gasteiger partial charge >= 0.3 is 0 Å². The fourth-order valence-corrected chi connectivity index (χ4v) is 6.08. The lowest BCUT2D eigenvalue weighted by Gasteiger charge is -2.33. The van der Waals surface area contributed by atoms with Crippen molar-refractivity contribution in [3.05, 3.63) is 80.9 Å². The summed E-state index contributed by atoms with van der Waals surface area (Å²) < 4.78 is 13.5. The lowest BCUT2D eigenvalue weighted by molar-refractivity contribution is 0.0569. The lowest BCUT2D eigenvalue weighted by Crippen LogP contribution is -2.39. The fraction of sp³-hybridized carbons (Fsp3) is 0.448. The van der Waals surface area contributed by atoms with Gasteiger partial charge in [0.2, 0.25) is 0 Å². The molecular weight excluding hydrogens is 516 g/mol. The number of hydrogen-bond donors (Lipinski definition) is 1. The van der Waals surface area contributed by atoms with Crippen molar-refractivity contribution in [3.8, 4) is 5.75 Å². The Labute approximate surface area is 232 Å². The number of aromatic nitrogens is 5. The number of ether oxygens (including phenoxy) is 2. The van der Waals surface area contributed by atoms with Gasteiger partial charge in [0.25, 0.3) is 5.56 Å². The van der Waals surface area contributed by atoms with Crippen LogP contribution in [-0.4, -0.2) is 56.5 Å². The van der Waals surface area contributed by atoms with Crippen LogP contribution in [0.15, 0.2) is 53.3 Å². The van der Waals surface area contributed by atoms with Crippen LogP contribution in [0.2, 0.25) is 5.02 Å². The molecule has 2 fully saturated rings. The second-order valence-electron chi connectivity index (χ2n) is 10.5. The quantitative estimate of drug-likeness (QED) is 0.312. The van der Waals surface area contributed by atoms with E-state index in [4.69, 9.17) is 21.1 Å². The number of nitrogens with one attached hydrogen (secondary N) is 1. The molecule has 2 aliphatic rings. The number of nitrogens with zero attached hydrogens (tertiary/aromatic N) is 5. The Hall–Kier alpha value is -3.27. The maximum atomic E-state index is 13.8. The molecule has 2 unspecified atom stereocenters. The summed E-state index contributed by atoms with van der Waals surface area (Å²) in [5, 5.41) is 14.7. The van der Waals surface area contributed by atoms with Crippen LogP contribution in [0.5, 0.6) is 5.75 Å². The molecule has 1 saturated carbocycles. The topological polar surface area (TPSA) is 98.2 Å². The maximum Gasteiger partial charge on any atom is 0.253 e. The van der Waals surface area contributed by atoms with Crippen LogP contribution < -0.4 is 10.3 Å². The number of halogens is 1. The van der Waals surface area contributed by atoms with Crippen LogP contribution in [0.3, 0.4) is 0 Å². The molecule has 204 valence electrons. The molecule has 10 heteroatoms. The molecule has 4 aromatic rings. The normalized spacial score (nSPS) is 18.8. The highest BCUT2D eigenvalue weighted by Crippen LogP contribution is 2.35. The van der Waals surface area contributed by atoms with E-state index in [1.54, 1.807) is 7.11 Å². The first-order valence-corrected chi connectivity index (χ1v) is 14.1. The molecular formula is C29H33ClN6O3. The summed E-state index contributed by atoms with van der Waals surface area (Å²) in [6.07, 6.45) is 6.42. The zero-order chi connectivity index (χ0) is 26.8. The first-order valence-electron chi connectivity index (χ1n) is 13.7. The van der Waals surface area contributed by atoms with Crippen LogP contribution in [0.4, 0.5) is 0 Å². The third-order valence-corrected chi connectivity index (χ3v) is 8.19. The minimum atomic E-state index is -0.486. The highest BCUT2D eigenvalue weighted by atomic mass is 35.5. The number of aromatic amines is 1. The first kappa shape index (κ1) is 26.0. The number of H-pyrrole nitrogens is 1. The van der Waals surface area contributed by atoms with Gasteiger partial charge in [-0.25, -0.2) is 4.68 Å². The van der Waals surface area contributed by atoms with Gasteiger partial charge in [0.1, 0.15) is 11.8 Å². The van der Waals surface area contributed by atoms with Crippen molar-refractivity contribution >= 4 is 22.5 Å². The molecule has 2 atom stereocenters. The summed E-state index contributed by atoms with van der Waals surface area (Å²) >= 11 is 6.20. The molecule has 1 aliphatic carbocycles. The molecule has 1 N–H and O–H groups in total. The zero-order valence-corrected chi connectivity index (χ0v) is 22.8. The van der Waals surface area contributed by atoms with E-state index in [0.717, 1.165) is 67.3 Å². The number of pyridine rings is 1. The van der Waals surface area contributed by atoms with Gasteiger partial charge in [-0.2, -0.15) is 0 Å². The predicted molar refractivity (Wildman–Crippen MR) is 149 cm³/mol. The maximum absolute atomic E-state index is 13.8. The van der Waals surface area contributed by atoms with Crippen molar-refractivity contribution < 1.29 is 9.47 Å². The van der Waals surface area contributed by atoms with Crippen molar-refractivity contribution in [2.75, 3.05) is 20.3 Å². The second-order valence-corrected chi connectivity index (χ2v) is 11.0. The summed E-state index contributed by atoms with van der Waals surface area (Å²) in [7, 11) is 1.64. The van der Waals surface area contributed by atoms with Crippen LogP contribution in [-0.2, 0) is 11.3 Å². The Morgan fingerprint density at radius 3 is 2.69 bits per heavy atom. The Balaban J connectivity index is 1.50. The van der Waals surface area contributed by atoms with Crippen molar-refractivity contribution in [3.63, 3.8) is 0 Å². The van der Waals surface area contributed by atoms with Gasteiger partial charge in [-0.3, -0.25) is 9.69 Å². The van der Waals surface area contributed by atoms with Gasteiger partial charge in [0.15, 0.2) is 5.82 Å². The second kappa shape index (κ2) is 11.5. The monoisotopic (exact) mass is 548 g/mol. The number of hydrogen-bond acceptors (Lipinski definition) is 7. The van der Waals surface area contributed by atoms with E-state index in [-0.39, 0.29) is 17.7 Å². The van der Waals surface area contributed by atoms with E-state index in [1.165, 1.54) is 0 Å². The van der Waals surface area contributed by atoms with Crippen LogP contribution in [0, 0.1) is 0 Å². The highest BCUT2D eigenvalue weighted by molar-refractivity contribution is 6.30. The van der Waals surface area contributed by atoms with Crippen LogP contribution in [0.1, 0.15) is 67.6 Å².